The third-order valence-electron chi connectivity index (χ3n) is 8.73. The van der Waals surface area contributed by atoms with Gasteiger partial charge in [0.15, 0.2) is 5.17 Å². The van der Waals surface area contributed by atoms with Gasteiger partial charge < -0.3 is 5.32 Å². The maximum atomic E-state index is 13.6. The second-order valence-corrected chi connectivity index (χ2v) is 12.3. The molecule has 4 saturated carbocycles. The van der Waals surface area contributed by atoms with E-state index >= 15 is 0 Å². The molecule has 0 radical (unpaired) electrons. The van der Waals surface area contributed by atoms with Gasteiger partial charge in [-0.1, -0.05) is 42.1 Å². The zero-order valence-electron chi connectivity index (χ0n) is 21.0. The minimum Gasteiger partial charge on any atom is -0.352 e. The molecule has 0 saturated heterocycles. The van der Waals surface area contributed by atoms with E-state index in [2.05, 4.69) is 17.2 Å². The molecule has 37 heavy (non-hydrogen) atoms. The summed E-state index contributed by atoms with van der Waals surface area (Å²) in [5, 5.41) is 3.73. The number of hydrogen-bond donors (Lipinski definition) is 1. The van der Waals surface area contributed by atoms with Crippen molar-refractivity contribution in [3.05, 3.63) is 71.7 Å². The van der Waals surface area contributed by atoms with Crippen molar-refractivity contribution < 1.29 is 14.0 Å². The maximum Gasteiger partial charge on any atom is 0.283 e. The first-order valence-electron chi connectivity index (χ1n) is 13.3. The monoisotopic (exact) mass is 517 g/mol. The van der Waals surface area contributed by atoms with Crippen LogP contribution in [0.1, 0.15) is 51.0 Å². The molecule has 1 atom stereocenters. The number of aliphatic imine (C=N–C) groups is 1. The first-order valence-corrected chi connectivity index (χ1v) is 14.2. The Kier molecular flexibility index (Phi) is 6.43. The number of benzene rings is 2. The molecule has 5 nitrogen and oxygen atoms in total. The lowest BCUT2D eigenvalue weighted by Crippen LogP contribution is -2.56. The molecule has 5 aliphatic rings. The van der Waals surface area contributed by atoms with Crippen LogP contribution in [-0.4, -0.2) is 28.8 Å². The minimum atomic E-state index is -0.375. The topological polar surface area (TPSA) is 61.8 Å². The van der Waals surface area contributed by atoms with Gasteiger partial charge >= 0.3 is 0 Å². The van der Waals surface area contributed by atoms with Crippen LogP contribution in [0.15, 0.2) is 65.3 Å². The third kappa shape index (κ3) is 4.86. The van der Waals surface area contributed by atoms with Crippen LogP contribution in [0, 0.1) is 29.0 Å². The second-order valence-electron chi connectivity index (χ2n) is 11.3. The van der Waals surface area contributed by atoms with E-state index in [-0.39, 0.29) is 34.8 Å². The molecule has 2 amide bonds. The first kappa shape index (κ1) is 24.4. The standard InChI is InChI=1S/C30H32FN3O2S/c1-19(30-15-21-11-22(16-30)13-23(12-21)17-30)32-27(35)18-37-29-33-26(14-20-5-3-2-4-6-20)28(36)34(29)25-9-7-24(31)8-10-25/h2-10,14,19,21-23H,11-13,15-18H2,1H3,(H,32,35)/b26-14-. The van der Waals surface area contributed by atoms with Gasteiger partial charge in [-0.25, -0.2) is 9.38 Å². The molecule has 7 rings (SSSR count). The fourth-order valence-corrected chi connectivity index (χ4v) is 8.22. The largest absolute Gasteiger partial charge is 0.352 e. The van der Waals surface area contributed by atoms with Crippen molar-refractivity contribution in [3.8, 4) is 0 Å². The molecule has 1 heterocycles. The van der Waals surface area contributed by atoms with Gasteiger partial charge in [0.1, 0.15) is 11.5 Å². The smallest absolute Gasteiger partial charge is 0.283 e. The fourth-order valence-electron chi connectivity index (χ4n) is 7.39. The Morgan fingerprint density at radius 1 is 1.08 bits per heavy atom. The van der Waals surface area contributed by atoms with Crippen LogP contribution < -0.4 is 10.2 Å². The van der Waals surface area contributed by atoms with Crippen LogP contribution >= 0.6 is 11.8 Å². The zero-order valence-corrected chi connectivity index (χ0v) is 21.8. The lowest BCUT2D eigenvalue weighted by Gasteiger charge is -2.59. The van der Waals surface area contributed by atoms with Crippen LogP contribution in [0.3, 0.4) is 0 Å². The molecule has 192 valence electrons. The van der Waals surface area contributed by atoms with Crippen molar-refractivity contribution in [2.75, 3.05) is 10.7 Å². The quantitative estimate of drug-likeness (QED) is 0.477. The van der Waals surface area contributed by atoms with E-state index in [1.54, 1.807) is 18.2 Å². The molecular formula is C30H32FN3O2S. The summed E-state index contributed by atoms with van der Waals surface area (Å²) in [6.07, 6.45) is 9.58. The van der Waals surface area contributed by atoms with Gasteiger partial charge in [-0.15, -0.1) is 0 Å². The molecule has 1 unspecified atom stereocenters. The van der Waals surface area contributed by atoms with Crippen molar-refractivity contribution >= 4 is 40.5 Å². The summed E-state index contributed by atoms with van der Waals surface area (Å²) in [6, 6.07) is 15.4. The van der Waals surface area contributed by atoms with Gasteiger partial charge in [-0.3, -0.25) is 14.5 Å². The highest BCUT2D eigenvalue weighted by Gasteiger charge is 2.53. The van der Waals surface area contributed by atoms with Crippen LogP contribution in [0.4, 0.5) is 10.1 Å². The highest BCUT2D eigenvalue weighted by molar-refractivity contribution is 8.14. The summed E-state index contributed by atoms with van der Waals surface area (Å²) in [7, 11) is 0. The van der Waals surface area contributed by atoms with E-state index in [0.29, 0.717) is 16.6 Å². The number of carbonyl (C=O) groups is 2. The van der Waals surface area contributed by atoms with Crippen molar-refractivity contribution in [2.24, 2.45) is 28.2 Å². The zero-order chi connectivity index (χ0) is 25.6. The number of hydrogen-bond acceptors (Lipinski definition) is 4. The van der Waals surface area contributed by atoms with E-state index in [4.69, 9.17) is 0 Å². The molecule has 2 aromatic rings. The molecule has 7 heteroatoms. The molecule has 1 N–H and O–H groups in total. The normalized spacial score (nSPS) is 30.1. The van der Waals surface area contributed by atoms with E-state index in [9.17, 15) is 14.0 Å². The van der Waals surface area contributed by atoms with Gasteiger partial charge in [-0.05, 0) is 105 Å². The maximum absolute atomic E-state index is 13.6. The average molecular weight is 518 g/mol. The summed E-state index contributed by atoms with van der Waals surface area (Å²) in [6.45, 7) is 2.18. The number of halogens is 1. The SMILES string of the molecule is CC(NC(=O)CSC1=N/C(=C\c2ccccc2)C(=O)N1c1ccc(F)cc1)C12CC3CC(CC(C3)C1)C2. The Balaban J connectivity index is 1.17. The predicted octanol–water partition coefficient (Wildman–Crippen LogP) is 6.02. The Morgan fingerprint density at radius 3 is 2.32 bits per heavy atom. The van der Waals surface area contributed by atoms with Crippen LogP contribution in [0.2, 0.25) is 0 Å². The second kappa shape index (κ2) is 9.75. The number of rotatable bonds is 6. The van der Waals surface area contributed by atoms with E-state index < -0.39 is 0 Å². The number of amidine groups is 1. The van der Waals surface area contributed by atoms with E-state index in [1.165, 1.54) is 67.3 Å². The molecule has 2 aromatic carbocycles. The number of amides is 2. The molecule has 4 aliphatic carbocycles. The van der Waals surface area contributed by atoms with Gasteiger partial charge in [0, 0.05) is 6.04 Å². The van der Waals surface area contributed by atoms with Gasteiger partial charge in [0.2, 0.25) is 5.91 Å². The molecular weight excluding hydrogens is 485 g/mol. The van der Waals surface area contributed by atoms with Crippen molar-refractivity contribution in [1.29, 1.82) is 0 Å². The fraction of sp³-hybridized carbons (Fsp3) is 0.433. The lowest BCUT2D eigenvalue weighted by molar-refractivity contribution is -0.123. The average Bonchev–Trinajstić information content (AvgIpc) is 3.18. The van der Waals surface area contributed by atoms with Crippen molar-refractivity contribution in [2.45, 2.75) is 51.5 Å². The number of anilines is 1. The Bertz CT molecular complexity index is 1220. The minimum absolute atomic E-state index is 0.0389. The first-order chi connectivity index (χ1) is 17.9. The number of nitrogens with zero attached hydrogens (tertiary/aromatic N) is 2. The summed E-state index contributed by atoms with van der Waals surface area (Å²) in [5.41, 5.74) is 1.92. The predicted molar refractivity (Wildman–Crippen MR) is 146 cm³/mol. The Morgan fingerprint density at radius 2 is 1.70 bits per heavy atom. The summed E-state index contributed by atoms with van der Waals surface area (Å²) >= 11 is 1.24. The van der Waals surface area contributed by atoms with Crippen LogP contribution in [-0.2, 0) is 9.59 Å². The van der Waals surface area contributed by atoms with Crippen LogP contribution in [0.5, 0.6) is 0 Å². The molecule has 0 aromatic heterocycles. The highest BCUT2D eigenvalue weighted by atomic mass is 32.2. The molecule has 1 aliphatic heterocycles. The number of carbonyl (C=O) groups excluding carboxylic acids is 2. The van der Waals surface area contributed by atoms with Crippen molar-refractivity contribution in [1.82, 2.24) is 5.32 Å². The van der Waals surface area contributed by atoms with Gasteiger partial charge in [0.05, 0.1) is 11.4 Å². The van der Waals surface area contributed by atoms with Gasteiger partial charge in [0.25, 0.3) is 5.91 Å². The number of thioether (sulfide) groups is 1. The molecule has 4 bridgehead atoms. The van der Waals surface area contributed by atoms with Gasteiger partial charge in [-0.2, -0.15) is 0 Å². The third-order valence-corrected chi connectivity index (χ3v) is 9.67. The van der Waals surface area contributed by atoms with Crippen molar-refractivity contribution in [3.63, 3.8) is 0 Å². The Hall–Kier alpha value is -2.93. The number of nitrogens with one attached hydrogen (secondary N) is 1. The van der Waals surface area contributed by atoms with Crippen LogP contribution in [0.25, 0.3) is 6.08 Å². The summed E-state index contributed by atoms with van der Waals surface area (Å²) in [5.74, 6) is 1.95. The molecule has 4 fully saturated rings. The highest BCUT2D eigenvalue weighted by Crippen LogP contribution is 2.61. The Labute approximate surface area is 221 Å². The summed E-state index contributed by atoms with van der Waals surface area (Å²) in [4.78, 5) is 32.5. The lowest BCUT2D eigenvalue weighted by atomic mass is 9.48. The van der Waals surface area contributed by atoms with E-state index in [1.807, 2.05) is 30.3 Å². The van der Waals surface area contributed by atoms with E-state index in [0.717, 1.165) is 23.3 Å². The summed E-state index contributed by atoms with van der Waals surface area (Å²) < 4.78 is 13.6. The molecule has 0 spiro atoms.